The van der Waals surface area contributed by atoms with Gasteiger partial charge in [-0.05, 0) is 6.07 Å². The van der Waals surface area contributed by atoms with Crippen LogP contribution in [-0.4, -0.2) is 15.8 Å². The number of ketones is 1. The third-order valence-electron chi connectivity index (χ3n) is 4.98. The summed E-state index contributed by atoms with van der Waals surface area (Å²) in [6.45, 7) is 0. The van der Waals surface area contributed by atoms with E-state index in [-0.39, 0.29) is 22.7 Å². The second-order valence-electron chi connectivity index (χ2n) is 6.44. The molecule has 5 rings (SSSR count). The second kappa shape index (κ2) is 5.38. The van der Waals surface area contributed by atoms with E-state index in [0.717, 1.165) is 0 Å². The number of rotatable bonds is 1. The van der Waals surface area contributed by atoms with Crippen LogP contribution in [-0.2, 0) is 0 Å². The minimum Gasteiger partial charge on any atom is -0.340 e. The summed E-state index contributed by atoms with van der Waals surface area (Å²) < 4.78 is 14.7. The number of nitrogens with one attached hydrogen (secondary N) is 3. The molecule has 132 valence electrons. The number of Topliss-reactive ketones (excluding diaryl/α,β-unsaturated/α-hetero) is 1. The van der Waals surface area contributed by atoms with Crippen LogP contribution < -0.4 is 16.6 Å². The van der Waals surface area contributed by atoms with Crippen LogP contribution in [0.5, 0.6) is 0 Å². The van der Waals surface area contributed by atoms with Gasteiger partial charge in [-0.3, -0.25) is 19.6 Å². The Kier molecular flexibility index (Phi) is 3.09. The molecular weight excluding hydrogens is 349 g/mol. The van der Waals surface area contributed by atoms with Crippen molar-refractivity contribution in [2.24, 2.45) is 0 Å². The molecule has 0 amide bonds. The second-order valence-corrected chi connectivity index (χ2v) is 6.44. The van der Waals surface area contributed by atoms with Gasteiger partial charge in [-0.1, -0.05) is 42.5 Å². The van der Waals surface area contributed by atoms with E-state index in [1.165, 1.54) is 6.07 Å². The molecule has 3 N–H and O–H groups in total. The van der Waals surface area contributed by atoms with Crippen molar-refractivity contribution >= 4 is 17.3 Å². The van der Waals surface area contributed by atoms with Gasteiger partial charge in [-0.15, -0.1) is 0 Å². The number of carbonyl (C=O) groups is 1. The highest BCUT2D eigenvalue weighted by Crippen LogP contribution is 2.47. The van der Waals surface area contributed by atoms with Gasteiger partial charge in [0, 0.05) is 22.3 Å². The fourth-order valence-electron chi connectivity index (χ4n) is 3.87. The van der Waals surface area contributed by atoms with Gasteiger partial charge in [0.15, 0.2) is 5.78 Å². The van der Waals surface area contributed by atoms with Gasteiger partial charge in [0.2, 0.25) is 0 Å². The van der Waals surface area contributed by atoms with Crippen molar-refractivity contribution in [3.05, 3.63) is 103 Å². The van der Waals surface area contributed by atoms with Crippen molar-refractivity contribution in [2.75, 3.05) is 5.32 Å². The van der Waals surface area contributed by atoms with Crippen molar-refractivity contribution in [1.29, 1.82) is 0 Å². The first-order chi connectivity index (χ1) is 13.1. The number of carbonyl (C=O) groups excluding carboxylic acids is 1. The quantitative estimate of drug-likeness (QED) is 0.620. The van der Waals surface area contributed by atoms with Gasteiger partial charge in [0.1, 0.15) is 11.6 Å². The Bertz CT molecular complexity index is 1290. The zero-order valence-electron chi connectivity index (χ0n) is 13.8. The number of allylic oxidation sites excluding steroid dienone is 1. The average Bonchev–Trinajstić information content (AvgIpc) is 2.93. The lowest BCUT2D eigenvalue weighted by molar-refractivity contribution is 0.103. The molecule has 6 nitrogen and oxygen atoms in total. The molecule has 7 heteroatoms. The molecule has 0 radical (unpaired) electrons. The molecule has 0 spiro atoms. The number of halogens is 1. The first kappa shape index (κ1) is 15.5. The normalized spacial score (nSPS) is 17.2. The number of anilines is 1. The first-order valence-corrected chi connectivity index (χ1v) is 8.32. The van der Waals surface area contributed by atoms with Gasteiger partial charge < -0.3 is 5.32 Å². The Morgan fingerprint density at radius 2 is 1.56 bits per heavy atom. The number of aromatic amines is 2. The molecule has 1 aromatic heterocycles. The molecular formula is C20H12FN3O3. The third kappa shape index (κ3) is 2.08. The fraction of sp³-hybridized carbons (Fsp3) is 0.0500. The van der Waals surface area contributed by atoms with Crippen molar-refractivity contribution in [1.82, 2.24) is 9.97 Å². The molecule has 0 bridgehead atoms. The molecule has 27 heavy (non-hydrogen) atoms. The standard InChI is InChI=1S/C20H12FN3O3/c21-12-8-4-3-7-11(12)13-14-16(9-5-1-2-6-10(9)17(14)25)22-18-15(13)19(26)24-20(27)23-18/h1-8,13H,(H3,22,23,24,26,27). The summed E-state index contributed by atoms with van der Waals surface area (Å²) in [5, 5.41) is 3.01. The molecule has 1 atom stereocenters. The van der Waals surface area contributed by atoms with E-state index >= 15 is 0 Å². The number of hydrogen-bond donors (Lipinski definition) is 3. The van der Waals surface area contributed by atoms with E-state index in [1.54, 1.807) is 42.5 Å². The van der Waals surface area contributed by atoms with Crippen molar-refractivity contribution in [3.63, 3.8) is 0 Å². The van der Waals surface area contributed by atoms with E-state index in [1.807, 2.05) is 0 Å². The lowest BCUT2D eigenvalue weighted by atomic mass is 9.81. The monoisotopic (exact) mass is 361 g/mol. The van der Waals surface area contributed by atoms with Crippen LogP contribution in [0.2, 0.25) is 0 Å². The van der Waals surface area contributed by atoms with Crippen LogP contribution in [0.1, 0.15) is 33.0 Å². The summed E-state index contributed by atoms with van der Waals surface area (Å²) in [6, 6.07) is 13.0. The Balaban J connectivity index is 1.88. The van der Waals surface area contributed by atoms with Crippen molar-refractivity contribution in [2.45, 2.75) is 5.92 Å². The maximum absolute atomic E-state index is 14.7. The summed E-state index contributed by atoms with van der Waals surface area (Å²) in [5.74, 6) is -1.56. The zero-order valence-corrected chi connectivity index (χ0v) is 13.8. The minimum atomic E-state index is -0.932. The van der Waals surface area contributed by atoms with Crippen molar-refractivity contribution in [3.8, 4) is 0 Å². The van der Waals surface area contributed by atoms with Crippen LogP contribution in [0.3, 0.4) is 0 Å². The molecule has 0 saturated carbocycles. The molecule has 2 heterocycles. The number of hydrogen-bond acceptors (Lipinski definition) is 4. The van der Waals surface area contributed by atoms with Crippen LogP contribution in [0, 0.1) is 5.82 Å². The molecule has 2 aliphatic rings. The van der Waals surface area contributed by atoms with E-state index in [2.05, 4.69) is 15.3 Å². The first-order valence-electron chi connectivity index (χ1n) is 8.32. The molecule has 0 fully saturated rings. The summed E-state index contributed by atoms with van der Waals surface area (Å²) in [5.41, 5.74) is 0.883. The van der Waals surface area contributed by atoms with Gasteiger partial charge in [0.25, 0.3) is 5.56 Å². The molecule has 3 aromatic rings. The Morgan fingerprint density at radius 1 is 0.852 bits per heavy atom. The lowest BCUT2D eigenvalue weighted by Gasteiger charge is -2.27. The molecule has 1 aliphatic heterocycles. The molecule has 0 saturated heterocycles. The Morgan fingerprint density at radius 3 is 2.33 bits per heavy atom. The maximum atomic E-state index is 14.7. The highest BCUT2D eigenvalue weighted by Gasteiger charge is 2.42. The van der Waals surface area contributed by atoms with Crippen LogP contribution in [0.25, 0.3) is 5.70 Å². The highest BCUT2D eigenvalue weighted by atomic mass is 19.1. The van der Waals surface area contributed by atoms with Crippen LogP contribution in [0.4, 0.5) is 10.2 Å². The van der Waals surface area contributed by atoms with Gasteiger partial charge >= 0.3 is 5.69 Å². The number of H-pyrrole nitrogens is 2. The van der Waals surface area contributed by atoms with E-state index in [0.29, 0.717) is 22.4 Å². The predicted molar refractivity (Wildman–Crippen MR) is 97.2 cm³/mol. The van der Waals surface area contributed by atoms with E-state index < -0.39 is 23.0 Å². The maximum Gasteiger partial charge on any atom is 0.327 e. The zero-order chi connectivity index (χ0) is 18.7. The summed E-state index contributed by atoms with van der Waals surface area (Å²) >= 11 is 0. The topological polar surface area (TPSA) is 94.8 Å². The molecule has 2 aromatic carbocycles. The smallest absolute Gasteiger partial charge is 0.327 e. The summed E-state index contributed by atoms with van der Waals surface area (Å²) in [6.07, 6.45) is 0. The van der Waals surface area contributed by atoms with Crippen LogP contribution in [0.15, 0.2) is 63.7 Å². The van der Waals surface area contributed by atoms with Gasteiger partial charge in [-0.25, -0.2) is 9.18 Å². The Hall–Kier alpha value is -3.74. The van der Waals surface area contributed by atoms with E-state index in [9.17, 15) is 18.8 Å². The minimum absolute atomic E-state index is 0.111. The number of fused-ring (bicyclic) bond motifs is 3. The SMILES string of the molecule is O=C1C2=C(Nc3[nH]c(=O)[nH]c(=O)c3C2c2ccccc2F)c2ccccc21. The average molecular weight is 361 g/mol. The fourth-order valence-corrected chi connectivity index (χ4v) is 3.87. The van der Waals surface area contributed by atoms with E-state index in [4.69, 9.17) is 0 Å². The third-order valence-corrected chi connectivity index (χ3v) is 4.98. The highest BCUT2D eigenvalue weighted by molar-refractivity contribution is 6.23. The predicted octanol–water partition coefficient (Wildman–Crippen LogP) is 2.37. The van der Waals surface area contributed by atoms with Gasteiger partial charge in [-0.2, -0.15) is 0 Å². The number of aromatic nitrogens is 2. The van der Waals surface area contributed by atoms with Crippen molar-refractivity contribution < 1.29 is 9.18 Å². The molecule has 1 aliphatic carbocycles. The van der Waals surface area contributed by atoms with Crippen LogP contribution >= 0.6 is 0 Å². The molecule has 1 unspecified atom stereocenters. The Labute approximate surface area is 151 Å². The summed E-state index contributed by atoms with van der Waals surface area (Å²) in [4.78, 5) is 42.2. The largest absolute Gasteiger partial charge is 0.340 e. The lowest BCUT2D eigenvalue weighted by Crippen LogP contribution is -2.33. The summed E-state index contributed by atoms with van der Waals surface area (Å²) in [7, 11) is 0. The number of benzene rings is 2. The van der Waals surface area contributed by atoms with Gasteiger partial charge in [0.05, 0.1) is 17.2 Å².